The van der Waals surface area contributed by atoms with Crippen molar-refractivity contribution >= 4 is 70.6 Å². The number of urea groups is 1. The summed E-state index contributed by atoms with van der Waals surface area (Å²) in [6, 6.07) is 20.0. The number of hydrogen-bond donors (Lipinski definition) is 6. The van der Waals surface area contributed by atoms with Crippen LogP contribution in [0.5, 0.6) is 0 Å². The molecule has 3 aromatic carbocycles. The molecule has 590 valence electrons. The van der Waals surface area contributed by atoms with Crippen molar-refractivity contribution in [1.29, 1.82) is 0 Å². The number of halogens is 2. The monoisotopic (exact) mass is 1520 g/mol. The number of nitrogens with zero attached hydrogens (tertiary/aromatic N) is 3. The molecule has 3 aromatic rings. The summed E-state index contributed by atoms with van der Waals surface area (Å²) in [6.45, 7) is 10.8. The van der Waals surface area contributed by atoms with Crippen molar-refractivity contribution in [3.63, 3.8) is 0 Å². The van der Waals surface area contributed by atoms with E-state index in [0.717, 1.165) is 22.8 Å². The first-order valence-corrected chi connectivity index (χ1v) is 37.8. The number of alkyl halides is 2. The van der Waals surface area contributed by atoms with Crippen LogP contribution in [-0.2, 0) is 84.6 Å². The van der Waals surface area contributed by atoms with Gasteiger partial charge >= 0.3 is 18.2 Å². The van der Waals surface area contributed by atoms with E-state index in [0.29, 0.717) is 62.6 Å². The van der Waals surface area contributed by atoms with Gasteiger partial charge in [0.05, 0.1) is 83.3 Å². The molecule has 10 rings (SSSR count). The second kappa shape index (κ2) is 37.6. The summed E-state index contributed by atoms with van der Waals surface area (Å²) >= 11 is 0. The van der Waals surface area contributed by atoms with Crippen molar-refractivity contribution in [1.82, 2.24) is 25.8 Å². The molecule has 3 saturated carbocycles. The zero-order valence-electron chi connectivity index (χ0n) is 62.6. The van der Waals surface area contributed by atoms with Gasteiger partial charge < -0.3 is 84.7 Å². The number of hydrogen-bond acceptors (Lipinski definition) is 19. The Labute approximate surface area is 633 Å². The van der Waals surface area contributed by atoms with Crippen LogP contribution in [0.3, 0.4) is 0 Å². The number of ether oxygens (including phenoxy) is 8. The lowest BCUT2D eigenvalue weighted by atomic mass is 9.44. The third-order valence-corrected chi connectivity index (χ3v) is 22.1. The number of aliphatic hydroxyl groups is 1. The van der Waals surface area contributed by atoms with Crippen LogP contribution in [-0.4, -0.2) is 215 Å². The largest absolute Gasteiger partial charge is 0.445 e. The molecule has 109 heavy (non-hydrogen) atoms. The Hall–Kier alpha value is -9.02. The lowest BCUT2D eigenvalue weighted by molar-refractivity contribution is -0.234. The highest BCUT2D eigenvalue weighted by atomic mass is 19.1. The van der Waals surface area contributed by atoms with Crippen LogP contribution >= 0.6 is 0 Å². The predicted octanol–water partition coefficient (Wildman–Crippen LogP) is 7.26. The zero-order valence-corrected chi connectivity index (χ0v) is 62.6. The average molecular weight is 1520 g/mol. The molecular weight excluding hydrogens is 1410 g/mol. The molecule has 7 aliphatic rings. The number of fused-ring (bicyclic) bond motifs is 9. The molecule has 2 saturated heterocycles. The Morgan fingerprint density at radius 2 is 1.39 bits per heavy atom. The predicted molar refractivity (Wildman–Crippen MR) is 393 cm³/mol. The van der Waals surface area contributed by atoms with Gasteiger partial charge in [-0.05, 0) is 116 Å². The molecular formula is C80H102F2N8O19. The van der Waals surface area contributed by atoms with Gasteiger partial charge in [-0.15, -0.1) is 0 Å². The second-order valence-electron chi connectivity index (χ2n) is 29.5. The molecule has 3 aliphatic heterocycles. The van der Waals surface area contributed by atoms with Crippen molar-refractivity contribution in [3.8, 4) is 11.8 Å². The molecule has 8 amide bonds. The van der Waals surface area contributed by atoms with E-state index in [-0.39, 0.29) is 159 Å². The molecule has 12 atom stereocenters. The van der Waals surface area contributed by atoms with E-state index in [1.807, 2.05) is 55.5 Å². The summed E-state index contributed by atoms with van der Waals surface area (Å²) < 4.78 is 80.7. The van der Waals surface area contributed by atoms with E-state index in [1.165, 1.54) is 28.9 Å². The van der Waals surface area contributed by atoms with E-state index in [1.54, 1.807) is 49.9 Å². The smallest absolute Gasteiger partial charge is 0.410 e. The number of anilines is 2. The molecule has 5 fully saturated rings. The number of carbonyl (C=O) groups excluding carboxylic acids is 10. The van der Waals surface area contributed by atoms with Gasteiger partial charge in [0.2, 0.25) is 29.4 Å². The second-order valence-corrected chi connectivity index (χ2v) is 29.5. The maximum absolute atomic E-state index is 18.0. The van der Waals surface area contributed by atoms with E-state index >= 15 is 8.78 Å². The van der Waals surface area contributed by atoms with Gasteiger partial charge in [0.25, 0.3) is 0 Å². The minimum atomic E-state index is -2.39. The van der Waals surface area contributed by atoms with Crippen LogP contribution in [0.4, 0.5) is 34.5 Å². The van der Waals surface area contributed by atoms with Gasteiger partial charge in [-0.2, -0.15) is 0 Å². The van der Waals surface area contributed by atoms with Crippen molar-refractivity contribution < 1.29 is 99.7 Å². The Balaban J connectivity index is 0.586. The van der Waals surface area contributed by atoms with Gasteiger partial charge in [0.15, 0.2) is 35.7 Å². The number of nitrogens with two attached hydrogens (primary N) is 1. The van der Waals surface area contributed by atoms with E-state index in [4.69, 9.17) is 43.6 Å². The molecule has 0 aromatic heterocycles. The standard InChI is InChI=1S/C80H102F2N8O19/c1-6-12-71-108-67-46-59-60-45-62(81)61-44-58(91)26-28-77(61,4)79(60,82)65(93)47-78(59,5)80(67,109-71)66(94)50-107-76(101)89-33-31-88(32-34-89)75(100)106-49-52-18-22-57(23-19-52)86-73(98)55(16-11-29-85-74(83)99)43-64(92)72(51(2)3)87-69(96)27-35-102-37-39-104-41-42-105-40-38-103-36-30-84-68(95)24-25-70(97)90-48-56-15-8-7-13-53(56)20-21-54-14-9-10-17-63(54)90/h7-10,13-15,17-19,22-23,26,28,44,51,55,59-60,62,65,67,71-72,93H,6,11-12,16,24-25,27,29-43,45-50H2,1-5H3,(H,84,95)(H,86,98)(H,87,96)(H3,83,85,99)/t55-,59+,60+,62+,65+,67-,71?,72+,77+,78+,79+,80-/m1/s1. The van der Waals surface area contributed by atoms with Crippen LogP contribution in [0.25, 0.3) is 0 Å². The number of nitrogens with one attached hydrogen (secondary N) is 4. The Bertz CT molecular complexity index is 3920. The van der Waals surface area contributed by atoms with Crippen LogP contribution in [0.1, 0.15) is 128 Å². The number of benzene rings is 3. The highest BCUT2D eigenvalue weighted by molar-refractivity contribution is 6.02. The van der Waals surface area contributed by atoms with Crippen LogP contribution in [0.2, 0.25) is 0 Å². The van der Waals surface area contributed by atoms with E-state index < -0.39 is 119 Å². The van der Waals surface area contributed by atoms with E-state index in [2.05, 4.69) is 33.1 Å². The molecule has 4 aliphatic carbocycles. The van der Waals surface area contributed by atoms with Gasteiger partial charge in [0, 0.05) is 104 Å². The normalized spacial score (nSPS) is 25.5. The first-order valence-electron chi connectivity index (χ1n) is 37.8. The Kier molecular flexibility index (Phi) is 28.4. The number of ketones is 3. The van der Waals surface area contributed by atoms with Crippen LogP contribution in [0.15, 0.2) is 96.6 Å². The van der Waals surface area contributed by atoms with Gasteiger partial charge in [0.1, 0.15) is 12.8 Å². The lowest BCUT2D eigenvalue weighted by Crippen LogP contribution is -2.71. The summed E-state index contributed by atoms with van der Waals surface area (Å²) in [6.07, 6.45) is -2.02. The first kappa shape index (κ1) is 82.5. The molecule has 0 bridgehead atoms. The summed E-state index contributed by atoms with van der Waals surface area (Å²) in [5.41, 5.74) is 2.39. The number of piperazine rings is 1. The molecule has 0 spiro atoms. The van der Waals surface area contributed by atoms with E-state index in [9.17, 15) is 53.1 Å². The SMILES string of the molecule is CCCC1O[C@@H]2C[C@H]3[C@@H]4C[C@H](F)C5=CC(=O)C=C[C@]5(C)[C@@]4(F)[C@@H](O)C[C@]3(C)[C@]2(C(=O)COC(=O)N2CCN(C(=O)OCc3ccc(NC(=O)[C@H](CCCNC(N)=O)CC(=O)[C@@H](NC(=O)CCOCCOCCOCCOCCNC(=O)CCC(=O)N4Cc5ccccc5C#Cc5ccccc54)C(C)C)cc3)CC2)O1. The van der Waals surface area contributed by atoms with Gasteiger partial charge in [-0.25, -0.2) is 23.2 Å². The summed E-state index contributed by atoms with van der Waals surface area (Å²) in [4.78, 5) is 137. The maximum atomic E-state index is 18.0. The average Bonchev–Trinajstić information content (AvgIpc) is 1.55. The fourth-order valence-corrected chi connectivity index (χ4v) is 16.4. The van der Waals surface area contributed by atoms with Crippen molar-refractivity contribution in [3.05, 3.63) is 119 Å². The quantitative estimate of drug-likeness (QED) is 0.0246. The number of Topliss-reactive ketones (excluding diaryl/α,β-unsaturated/α-hetero) is 2. The van der Waals surface area contributed by atoms with Crippen molar-refractivity contribution in [2.45, 2.75) is 160 Å². The fourth-order valence-electron chi connectivity index (χ4n) is 16.4. The van der Waals surface area contributed by atoms with Gasteiger partial charge in [-0.3, -0.25) is 33.6 Å². The molecule has 27 nitrogen and oxygen atoms in total. The number of carbonyl (C=O) groups is 10. The third kappa shape index (κ3) is 19.4. The third-order valence-electron chi connectivity index (χ3n) is 22.1. The minimum Gasteiger partial charge on any atom is -0.445 e. The number of para-hydroxylation sites is 1. The minimum absolute atomic E-state index is 0.0197. The first-order chi connectivity index (χ1) is 52.3. The molecule has 7 N–H and O–H groups in total. The summed E-state index contributed by atoms with van der Waals surface area (Å²) in [5, 5.41) is 22.9. The van der Waals surface area contributed by atoms with Crippen molar-refractivity contribution in [2.75, 3.05) is 109 Å². The number of allylic oxidation sites excluding steroid dienone is 4. The maximum Gasteiger partial charge on any atom is 0.410 e. The Morgan fingerprint density at radius 1 is 0.752 bits per heavy atom. The number of amides is 8. The fraction of sp³-hybridized carbons (Fsp3) is 0.575. The number of rotatable bonds is 36. The molecule has 3 heterocycles. The number of primary amides is 1. The summed E-state index contributed by atoms with van der Waals surface area (Å²) in [7, 11) is 0. The number of aliphatic hydroxyl groups excluding tert-OH is 1. The molecule has 29 heteroatoms. The molecule has 0 radical (unpaired) electrons. The van der Waals surface area contributed by atoms with Gasteiger partial charge in [-0.1, -0.05) is 94.5 Å². The molecule has 1 unspecified atom stereocenters. The lowest BCUT2D eigenvalue weighted by Gasteiger charge is -2.63. The highest BCUT2D eigenvalue weighted by Crippen LogP contribution is 2.72. The summed E-state index contributed by atoms with van der Waals surface area (Å²) in [5.74, 6) is 0.576. The van der Waals surface area contributed by atoms with Crippen molar-refractivity contribution in [2.24, 2.45) is 40.2 Å². The highest BCUT2D eigenvalue weighted by Gasteiger charge is 2.80. The topological polar surface area (TPSA) is 349 Å². The zero-order chi connectivity index (χ0) is 78.0. The van der Waals surface area contributed by atoms with Crippen LogP contribution < -0.4 is 31.9 Å². The Morgan fingerprint density at radius 3 is 2.07 bits per heavy atom. The van der Waals surface area contributed by atoms with Crippen LogP contribution in [0, 0.1) is 46.3 Å².